The van der Waals surface area contributed by atoms with E-state index in [1.54, 1.807) is 12.1 Å². The predicted octanol–water partition coefficient (Wildman–Crippen LogP) is 4.06. The number of ether oxygens (including phenoxy) is 1. The van der Waals surface area contributed by atoms with E-state index in [0.717, 1.165) is 30.8 Å². The van der Waals surface area contributed by atoms with Crippen LogP contribution in [0.1, 0.15) is 39.3 Å². The Labute approximate surface area is 213 Å². The number of carbonyl (C=O) groups is 1. The van der Waals surface area contributed by atoms with Gasteiger partial charge in [-0.25, -0.2) is 18.2 Å². The molecule has 35 heavy (non-hydrogen) atoms. The minimum atomic E-state index is -3.69. The SMILES string of the molecule is CCS(=O)(=O)c1ncc(OC(=O)NC2CCN(C(C)C)CC2)n1Cc1cc(-c2ccc(Cl)s2)on1. The van der Waals surface area contributed by atoms with Crippen LogP contribution < -0.4 is 10.1 Å². The Morgan fingerprint density at radius 1 is 1.34 bits per heavy atom. The third kappa shape index (κ3) is 6.05. The van der Waals surface area contributed by atoms with Crippen LogP contribution in [0.4, 0.5) is 4.79 Å². The second kappa shape index (κ2) is 10.7. The highest BCUT2D eigenvalue weighted by Gasteiger charge is 2.27. The normalized spacial score (nSPS) is 15.6. The van der Waals surface area contributed by atoms with E-state index >= 15 is 0 Å². The van der Waals surface area contributed by atoms with Crippen LogP contribution in [-0.4, -0.2) is 65.0 Å². The van der Waals surface area contributed by atoms with Crippen molar-refractivity contribution in [3.8, 4) is 16.5 Å². The van der Waals surface area contributed by atoms with Gasteiger partial charge in [0.1, 0.15) is 5.69 Å². The van der Waals surface area contributed by atoms with E-state index in [0.29, 0.717) is 21.8 Å². The van der Waals surface area contributed by atoms with Crippen molar-refractivity contribution in [3.05, 3.63) is 34.4 Å². The Morgan fingerprint density at radius 2 is 2.09 bits per heavy atom. The summed E-state index contributed by atoms with van der Waals surface area (Å²) in [4.78, 5) is 19.8. The molecular weight excluding hydrogens is 514 g/mol. The Hall–Kier alpha value is -2.41. The molecule has 0 aromatic carbocycles. The molecule has 1 amide bonds. The van der Waals surface area contributed by atoms with Gasteiger partial charge in [-0.15, -0.1) is 11.3 Å². The minimum absolute atomic E-state index is 0.00738. The molecule has 13 heteroatoms. The van der Waals surface area contributed by atoms with Gasteiger partial charge in [0.15, 0.2) is 5.76 Å². The number of hydrogen-bond donors (Lipinski definition) is 1. The number of aromatic nitrogens is 3. The third-order valence-electron chi connectivity index (χ3n) is 5.91. The largest absolute Gasteiger partial charge is 0.414 e. The molecule has 0 atom stereocenters. The zero-order chi connectivity index (χ0) is 25.2. The van der Waals surface area contributed by atoms with Gasteiger partial charge in [-0.05, 0) is 38.8 Å². The number of hydrogen-bond acceptors (Lipinski definition) is 9. The molecule has 3 aromatic heterocycles. The Bertz CT molecular complexity index is 1270. The molecule has 0 unspecified atom stereocenters. The predicted molar refractivity (Wildman–Crippen MR) is 133 cm³/mol. The van der Waals surface area contributed by atoms with E-state index in [1.165, 1.54) is 29.0 Å². The van der Waals surface area contributed by atoms with Crippen molar-refractivity contribution in [2.24, 2.45) is 0 Å². The second-order valence-corrected chi connectivity index (χ2v) is 12.5. The lowest BCUT2D eigenvalue weighted by atomic mass is 10.0. The number of likely N-dealkylation sites (tertiary alicyclic amines) is 1. The van der Waals surface area contributed by atoms with Gasteiger partial charge < -0.3 is 19.5 Å². The lowest BCUT2D eigenvalue weighted by Crippen LogP contribution is -2.47. The van der Waals surface area contributed by atoms with Gasteiger partial charge >= 0.3 is 6.09 Å². The molecule has 1 aliphatic rings. The first kappa shape index (κ1) is 25.7. The van der Waals surface area contributed by atoms with Crippen molar-refractivity contribution < 1.29 is 22.5 Å². The van der Waals surface area contributed by atoms with Crippen LogP contribution in [0.3, 0.4) is 0 Å². The maximum absolute atomic E-state index is 12.6. The lowest BCUT2D eigenvalue weighted by Gasteiger charge is -2.34. The molecule has 10 nitrogen and oxygen atoms in total. The number of halogens is 1. The van der Waals surface area contributed by atoms with E-state index in [2.05, 4.69) is 34.2 Å². The number of nitrogens with zero attached hydrogens (tertiary/aromatic N) is 4. The van der Waals surface area contributed by atoms with Crippen LogP contribution in [0.5, 0.6) is 5.88 Å². The number of sulfone groups is 1. The van der Waals surface area contributed by atoms with Crippen molar-refractivity contribution in [2.75, 3.05) is 18.8 Å². The zero-order valence-electron chi connectivity index (χ0n) is 19.7. The Morgan fingerprint density at radius 3 is 2.71 bits per heavy atom. The van der Waals surface area contributed by atoms with Crippen LogP contribution in [-0.2, 0) is 16.4 Å². The number of nitrogens with one attached hydrogen (secondary N) is 1. The molecule has 1 fully saturated rings. The van der Waals surface area contributed by atoms with Gasteiger partial charge in [0.05, 0.1) is 27.7 Å². The van der Waals surface area contributed by atoms with Crippen molar-refractivity contribution in [1.82, 2.24) is 24.9 Å². The average Bonchev–Trinajstić information content (AvgIpc) is 3.55. The van der Waals surface area contributed by atoms with Crippen LogP contribution in [0, 0.1) is 0 Å². The molecule has 0 aliphatic carbocycles. The summed E-state index contributed by atoms with van der Waals surface area (Å²) >= 11 is 7.34. The highest BCUT2D eigenvalue weighted by atomic mass is 35.5. The summed E-state index contributed by atoms with van der Waals surface area (Å²) in [6.07, 6.45) is 2.22. The number of thiophene rings is 1. The molecule has 1 saturated heterocycles. The summed E-state index contributed by atoms with van der Waals surface area (Å²) in [5.41, 5.74) is 0.446. The number of amides is 1. The van der Waals surface area contributed by atoms with Gasteiger partial charge in [0.2, 0.25) is 20.9 Å². The first-order valence-electron chi connectivity index (χ1n) is 11.4. The van der Waals surface area contributed by atoms with Gasteiger partial charge in [-0.1, -0.05) is 23.7 Å². The maximum Gasteiger partial charge on any atom is 0.414 e. The van der Waals surface area contributed by atoms with E-state index in [1.807, 2.05) is 6.07 Å². The monoisotopic (exact) mass is 541 g/mol. The van der Waals surface area contributed by atoms with Crippen molar-refractivity contribution in [2.45, 2.75) is 57.4 Å². The zero-order valence-corrected chi connectivity index (χ0v) is 22.1. The van der Waals surface area contributed by atoms with Crippen LogP contribution in [0.25, 0.3) is 10.6 Å². The van der Waals surface area contributed by atoms with Crippen LogP contribution >= 0.6 is 22.9 Å². The second-order valence-electron chi connectivity index (χ2n) is 8.59. The van der Waals surface area contributed by atoms with E-state index in [-0.39, 0.29) is 29.4 Å². The topological polar surface area (TPSA) is 120 Å². The maximum atomic E-state index is 12.6. The summed E-state index contributed by atoms with van der Waals surface area (Å²) in [5.74, 6) is 0.365. The van der Waals surface area contributed by atoms with Crippen molar-refractivity contribution >= 4 is 38.9 Å². The molecular formula is C22H28ClN5O5S2. The minimum Gasteiger partial charge on any atom is -0.391 e. The molecule has 0 saturated carbocycles. The highest BCUT2D eigenvalue weighted by Crippen LogP contribution is 2.32. The summed E-state index contributed by atoms with van der Waals surface area (Å²) in [6.45, 7) is 7.61. The number of imidazole rings is 1. The molecule has 4 heterocycles. The van der Waals surface area contributed by atoms with Gasteiger partial charge in [-0.2, -0.15) is 0 Å². The molecule has 0 spiro atoms. The summed E-state index contributed by atoms with van der Waals surface area (Å²) in [7, 11) is -3.69. The highest BCUT2D eigenvalue weighted by molar-refractivity contribution is 7.91. The molecule has 3 aromatic rings. The molecule has 1 aliphatic heterocycles. The van der Waals surface area contributed by atoms with E-state index < -0.39 is 15.9 Å². The standard InChI is InChI=1S/C22H28ClN5O5S2/c1-4-35(30,31)21-24-12-20(32-22(29)25-15-7-9-27(10-8-15)14(2)3)28(21)13-16-11-17(33-26-16)18-5-6-19(23)34-18/h5-6,11-12,14-15H,4,7-10,13H2,1-3H3,(H,25,29). The van der Waals surface area contributed by atoms with Gasteiger partial charge in [0, 0.05) is 31.2 Å². The van der Waals surface area contributed by atoms with Crippen molar-refractivity contribution in [3.63, 3.8) is 0 Å². The average molecular weight is 542 g/mol. The van der Waals surface area contributed by atoms with Gasteiger partial charge in [-0.3, -0.25) is 4.57 Å². The smallest absolute Gasteiger partial charge is 0.391 e. The van der Waals surface area contributed by atoms with Crippen LogP contribution in [0.15, 0.2) is 34.1 Å². The lowest BCUT2D eigenvalue weighted by molar-refractivity contribution is 0.151. The quantitative estimate of drug-likeness (QED) is 0.453. The summed E-state index contributed by atoms with van der Waals surface area (Å²) in [6, 6.07) is 5.71. The van der Waals surface area contributed by atoms with E-state index in [9.17, 15) is 13.2 Å². The summed E-state index contributed by atoms with van der Waals surface area (Å²) < 4.78 is 38.1. The Balaban J connectivity index is 1.50. The summed E-state index contributed by atoms with van der Waals surface area (Å²) in [5, 5.41) is 6.73. The first-order valence-corrected chi connectivity index (χ1v) is 14.2. The van der Waals surface area contributed by atoms with E-state index in [4.69, 9.17) is 20.9 Å². The Kier molecular flexibility index (Phi) is 7.84. The third-order valence-corrected chi connectivity index (χ3v) is 8.80. The first-order chi connectivity index (χ1) is 16.7. The van der Waals surface area contributed by atoms with Crippen molar-refractivity contribution in [1.29, 1.82) is 0 Å². The number of carbonyl (C=O) groups excluding carboxylic acids is 1. The number of piperidine rings is 1. The van der Waals surface area contributed by atoms with Crippen LogP contribution in [0.2, 0.25) is 4.34 Å². The molecule has 0 radical (unpaired) electrons. The fraction of sp³-hybridized carbons (Fsp3) is 0.500. The molecule has 190 valence electrons. The molecule has 0 bridgehead atoms. The molecule has 4 rings (SSSR count). The molecule has 1 N–H and O–H groups in total. The fourth-order valence-electron chi connectivity index (χ4n) is 3.91. The fourth-order valence-corrected chi connectivity index (χ4v) is 5.86. The van der Waals surface area contributed by atoms with Gasteiger partial charge in [0.25, 0.3) is 0 Å². The number of rotatable bonds is 8.